The summed E-state index contributed by atoms with van der Waals surface area (Å²) in [5.41, 5.74) is 3.31. The summed E-state index contributed by atoms with van der Waals surface area (Å²) in [4.78, 5) is 27.8. The number of piperazine rings is 1. The Balaban J connectivity index is 1.60. The van der Waals surface area contributed by atoms with Gasteiger partial charge in [-0.3, -0.25) is 0 Å². The van der Waals surface area contributed by atoms with E-state index in [0.717, 1.165) is 29.9 Å². The number of benzene rings is 2. The molecule has 29 heavy (non-hydrogen) atoms. The highest BCUT2D eigenvalue weighted by atomic mass is 16.6. The summed E-state index contributed by atoms with van der Waals surface area (Å²) in [5.74, 6) is -0.336. The summed E-state index contributed by atoms with van der Waals surface area (Å²) >= 11 is 0. The van der Waals surface area contributed by atoms with Gasteiger partial charge in [-0.15, -0.1) is 0 Å². The fraction of sp³-hybridized carbons (Fsp3) is 0.391. The zero-order valence-electron chi connectivity index (χ0n) is 17.5. The molecule has 6 nitrogen and oxygen atoms in total. The van der Waals surface area contributed by atoms with E-state index in [1.54, 1.807) is 17.0 Å². The van der Waals surface area contributed by atoms with E-state index < -0.39 is 5.60 Å². The minimum atomic E-state index is -0.473. The van der Waals surface area contributed by atoms with Crippen molar-refractivity contribution >= 4 is 17.7 Å². The van der Waals surface area contributed by atoms with E-state index >= 15 is 0 Å². The Labute approximate surface area is 172 Å². The van der Waals surface area contributed by atoms with Crippen LogP contribution in [0.5, 0.6) is 0 Å². The van der Waals surface area contributed by atoms with E-state index in [-0.39, 0.29) is 12.1 Å². The summed E-state index contributed by atoms with van der Waals surface area (Å²) in [6.07, 6.45) is -0.247. The van der Waals surface area contributed by atoms with Crippen LogP contribution in [0.2, 0.25) is 0 Å². The van der Waals surface area contributed by atoms with Crippen LogP contribution in [0.15, 0.2) is 48.5 Å². The number of ether oxygens (including phenoxy) is 2. The van der Waals surface area contributed by atoms with Crippen molar-refractivity contribution in [2.75, 3.05) is 38.2 Å². The molecule has 1 aliphatic rings. The lowest BCUT2D eigenvalue weighted by Crippen LogP contribution is -2.50. The van der Waals surface area contributed by atoms with Gasteiger partial charge in [0.1, 0.15) is 5.60 Å². The van der Waals surface area contributed by atoms with E-state index in [1.807, 2.05) is 32.9 Å². The van der Waals surface area contributed by atoms with E-state index in [1.165, 1.54) is 7.11 Å². The topological polar surface area (TPSA) is 59.1 Å². The predicted octanol–water partition coefficient (Wildman–Crippen LogP) is 4.20. The van der Waals surface area contributed by atoms with E-state index in [0.29, 0.717) is 18.7 Å². The normalized spacial score (nSPS) is 14.5. The van der Waals surface area contributed by atoms with Crippen molar-refractivity contribution in [3.63, 3.8) is 0 Å². The Morgan fingerprint density at radius 1 is 0.828 bits per heavy atom. The van der Waals surface area contributed by atoms with Gasteiger partial charge in [-0.05, 0) is 56.2 Å². The molecule has 1 amide bonds. The SMILES string of the molecule is COC(=O)c1ccc(-c2ccc(N3CCN(C(=O)OC(C)(C)C)CC3)cc2)cc1. The monoisotopic (exact) mass is 396 g/mol. The van der Waals surface area contributed by atoms with Crippen molar-refractivity contribution in [2.24, 2.45) is 0 Å². The first-order valence-electron chi connectivity index (χ1n) is 9.78. The zero-order chi connectivity index (χ0) is 21.0. The van der Waals surface area contributed by atoms with Crippen molar-refractivity contribution in [1.82, 2.24) is 4.90 Å². The summed E-state index contributed by atoms with van der Waals surface area (Å²) < 4.78 is 10.2. The van der Waals surface area contributed by atoms with E-state index in [9.17, 15) is 9.59 Å². The van der Waals surface area contributed by atoms with Gasteiger partial charge in [-0.25, -0.2) is 9.59 Å². The first-order chi connectivity index (χ1) is 13.8. The van der Waals surface area contributed by atoms with Gasteiger partial charge in [0, 0.05) is 31.9 Å². The lowest BCUT2D eigenvalue weighted by Gasteiger charge is -2.36. The number of esters is 1. The number of amides is 1. The van der Waals surface area contributed by atoms with Gasteiger partial charge < -0.3 is 19.3 Å². The second kappa shape index (κ2) is 8.55. The molecule has 0 aliphatic carbocycles. The smallest absolute Gasteiger partial charge is 0.410 e. The molecule has 0 spiro atoms. The lowest BCUT2D eigenvalue weighted by molar-refractivity contribution is 0.0240. The molecule has 3 rings (SSSR count). The molecule has 1 aliphatic heterocycles. The van der Waals surface area contributed by atoms with Gasteiger partial charge in [-0.2, -0.15) is 0 Å². The van der Waals surface area contributed by atoms with Crippen LogP contribution in [0.25, 0.3) is 11.1 Å². The second-order valence-electron chi connectivity index (χ2n) is 8.07. The van der Waals surface area contributed by atoms with Gasteiger partial charge in [0.15, 0.2) is 0 Å². The Bertz CT molecular complexity index is 846. The van der Waals surface area contributed by atoms with Crippen LogP contribution >= 0.6 is 0 Å². The molecule has 0 N–H and O–H groups in total. The molecule has 1 fully saturated rings. The zero-order valence-corrected chi connectivity index (χ0v) is 17.5. The van der Waals surface area contributed by atoms with Gasteiger partial charge in [0.25, 0.3) is 0 Å². The van der Waals surface area contributed by atoms with Gasteiger partial charge in [0.05, 0.1) is 12.7 Å². The molecule has 2 aromatic carbocycles. The molecule has 1 saturated heterocycles. The van der Waals surface area contributed by atoms with Crippen molar-refractivity contribution in [1.29, 1.82) is 0 Å². The summed E-state index contributed by atoms with van der Waals surface area (Å²) in [6.45, 7) is 8.47. The lowest BCUT2D eigenvalue weighted by atomic mass is 10.0. The van der Waals surface area contributed by atoms with Crippen LogP contribution in [0, 0.1) is 0 Å². The van der Waals surface area contributed by atoms with Crippen LogP contribution in [0.1, 0.15) is 31.1 Å². The van der Waals surface area contributed by atoms with Crippen molar-refractivity contribution in [3.8, 4) is 11.1 Å². The highest BCUT2D eigenvalue weighted by molar-refractivity contribution is 5.90. The Hall–Kier alpha value is -3.02. The van der Waals surface area contributed by atoms with E-state index in [2.05, 4.69) is 29.2 Å². The first kappa shape index (κ1) is 20.7. The average Bonchev–Trinajstić information content (AvgIpc) is 2.72. The summed E-state index contributed by atoms with van der Waals surface area (Å²) in [5, 5.41) is 0. The third kappa shape index (κ3) is 5.28. The molecule has 154 valence electrons. The maximum Gasteiger partial charge on any atom is 0.410 e. The number of hydrogen-bond donors (Lipinski definition) is 0. The number of anilines is 1. The fourth-order valence-electron chi connectivity index (χ4n) is 3.26. The largest absolute Gasteiger partial charge is 0.465 e. The molecular formula is C23H28N2O4. The highest BCUT2D eigenvalue weighted by Gasteiger charge is 2.25. The third-order valence-electron chi connectivity index (χ3n) is 4.80. The molecule has 1 heterocycles. The molecule has 6 heteroatoms. The predicted molar refractivity (Wildman–Crippen MR) is 113 cm³/mol. The quantitative estimate of drug-likeness (QED) is 0.728. The van der Waals surface area contributed by atoms with Crippen molar-refractivity contribution < 1.29 is 19.1 Å². The summed E-state index contributed by atoms with van der Waals surface area (Å²) in [7, 11) is 1.38. The molecule has 0 radical (unpaired) electrons. The number of nitrogens with zero attached hydrogens (tertiary/aromatic N) is 2. The van der Waals surface area contributed by atoms with Crippen LogP contribution < -0.4 is 4.90 Å². The van der Waals surface area contributed by atoms with Crippen LogP contribution in [-0.4, -0.2) is 55.9 Å². The number of carbonyl (C=O) groups is 2. The maximum atomic E-state index is 12.2. The highest BCUT2D eigenvalue weighted by Crippen LogP contribution is 2.25. The number of carbonyl (C=O) groups excluding carboxylic acids is 2. The molecule has 2 aromatic rings. The minimum absolute atomic E-state index is 0.247. The second-order valence-corrected chi connectivity index (χ2v) is 8.07. The Kier molecular flexibility index (Phi) is 6.11. The van der Waals surface area contributed by atoms with Crippen LogP contribution in [0.4, 0.5) is 10.5 Å². The van der Waals surface area contributed by atoms with E-state index in [4.69, 9.17) is 9.47 Å². The van der Waals surface area contributed by atoms with Crippen molar-refractivity contribution in [2.45, 2.75) is 26.4 Å². The Morgan fingerprint density at radius 3 is 1.83 bits per heavy atom. The number of hydrogen-bond acceptors (Lipinski definition) is 5. The average molecular weight is 396 g/mol. The van der Waals surface area contributed by atoms with Gasteiger partial charge >= 0.3 is 12.1 Å². The van der Waals surface area contributed by atoms with Gasteiger partial charge in [-0.1, -0.05) is 24.3 Å². The number of methoxy groups -OCH3 is 1. The third-order valence-corrected chi connectivity index (χ3v) is 4.80. The molecule has 0 bridgehead atoms. The number of rotatable bonds is 3. The summed E-state index contributed by atoms with van der Waals surface area (Å²) in [6, 6.07) is 15.7. The molecule has 0 atom stereocenters. The van der Waals surface area contributed by atoms with Crippen LogP contribution in [0.3, 0.4) is 0 Å². The van der Waals surface area contributed by atoms with Gasteiger partial charge in [0.2, 0.25) is 0 Å². The minimum Gasteiger partial charge on any atom is -0.465 e. The standard InChI is InChI=1S/C23H28N2O4/c1-23(2,3)29-22(27)25-15-13-24(14-16-25)20-11-9-18(10-12-20)17-5-7-19(8-6-17)21(26)28-4/h5-12H,13-16H2,1-4H3. The molecular weight excluding hydrogens is 368 g/mol. The fourth-order valence-corrected chi connectivity index (χ4v) is 3.26. The first-order valence-corrected chi connectivity index (χ1v) is 9.78. The van der Waals surface area contributed by atoms with Crippen LogP contribution in [-0.2, 0) is 9.47 Å². The molecule has 0 saturated carbocycles. The van der Waals surface area contributed by atoms with Crippen molar-refractivity contribution in [3.05, 3.63) is 54.1 Å². The Morgan fingerprint density at radius 2 is 1.34 bits per heavy atom. The molecule has 0 aromatic heterocycles. The maximum absolute atomic E-state index is 12.2. The molecule has 0 unspecified atom stereocenters.